The second-order valence-corrected chi connectivity index (χ2v) is 6.07. The van der Waals surface area contributed by atoms with Gasteiger partial charge in [-0.3, -0.25) is 4.79 Å². The van der Waals surface area contributed by atoms with Gasteiger partial charge in [0.2, 0.25) is 0 Å². The molecule has 2 rings (SSSR count). The third-order valence-electron chi connectivity index (χ3n) is 3.26. The van der Waals surface area contributed by atoms with E-state index < -0.39 is 5.97 Å². The van der Waals surface area contributed by atoms with Crippen molar-refractivity contribution in [1.29, 1.82) is 0 Å². The number of thioether (sulfide) groups is 1. The Labute approximate surface area is 118 Å². The lowest BCUT2D eigenvalue weighted by molar-refractivity contribution is -0.133. The van der Waals surface area contributed by atoms with Crippen LogP contribution in [0.3, 0.4) is 0 Å². The molecular weight excluding hydrogens is 262 g/mol. The molecule has 1 aliphatic heterocycles. The first-order valence-corrected chi connectivity index (χ1v) is 7.75. The van der Waals surface area contributed by atoms with Gasteiger partial charge in [-0.25, -0.2) is 9.66 Å². The maximum atomic E-state index is 10.7. The van der Waals surface area contributed by atoms with Gasteiger partial charge >= 0.3 is 5.97 Å². The van der Waals surface area contributed by atoms with Gasteiger partial charge in [0.25, 0.3) is 0 Å². The first kappa shape index (κ1) is 14.2. The highest BCUT2D eigenvalue weighted by Gasteiger charge is 2.20. The summed E-state index contributed by atoms with van der Waals surface area (Å²) in [6.07, 6.45) is 5.54. The molecule has 106 valence electrons. The SMILES string of the molecule is CC(C)c1cnc(SCC(=O)O)n1N1CCCCC1. The Balaban J connectivity index is 2.24. The fourth-order valence-electron chi connectivity index (χ4n) is 2.32. The zero-order valence-corrected chi connectivity index (χ0v) is 12.3. The van der Waals surface area contributed by atoms with Crippen LogP contribution in [0.15, 0.2) is 11.4 Å². The van der Waals surface area contributed by atoms with E-state index in [0.717, 1.165) is 23.9 Å². The minimum absolute atomic E-state index is 0.0579. The number of nitrogens with zero attached hydrogens (tertiary/aromatic N) is 3. The number of aromatic nitrogens is 2. The molecule has 6 heteroatoms. The molecule has 0 spiro atoms. The summed E-state index contributed by atoms with van der Waals surface area (Å²) in [6.45, 7) is 6.33. The molecule has 0 radical (unpaired) electrons. The molecule has 0 bridgehead atoms. The van der Waals surface area contributed by atoms with E-state index in [0.29, 0.717) is 5.92 Å². The molecule has 19 heavy (non-hydrogen) atoms. The molecule has 1 aromatic heterocycles. The molecule has 2 heterocycles. The molecule has 0 aromatic carbocycles. The van der Waals surface area contributed by atoms with Gasteiger partial charge in [0.15, 0.2) is 5.16 Å². The molecule has 5 nitrogen and oxygen atoms in total. The van der Waals surface area contributed by atoms with Gasteiger partial charge in [0.05, 0.1) is 17.6 Å². The summed E-state index contributed by atoms with van der Waals surface area (Å²) in [5.74, 6) is -0.361. The number of hydrogen-bond acceptors (Lipinski definition) is 4. The van der Waals surface area contributed by atoms with Crippen molar-refractivity contribution in [2.45, 2.75) is 44.2 Å². The Morgan fingerprint density at radius 2 is 2.11 bits per heavy atom. The zero-order chi connectivity index (χ0) is 13.8. The van der Waals surface area contributed by atoms with Crippen molar-refractivity contribution in [3.63, 3.8) is 0 Å². The van der Waals surface area contributed by atoms with Crippen LogP contribution in [-0.2, 0) is 4.79 Å². The topological polar surface area (TPSA) is 58.4 Å². The second-order valence-electron chi connectivity index (χ2n) is 5.13. The Bertz CT molecular complexity index is 439. The van der Waals surface area contributed by atoms with Crippen molar-refractivity contribution in [3.8, 4) is 0 Å². The van der Waals surface area contributed by atoms with Gasteiger partial charge in [-0.15, -0.1) is 0 Å². The van der Waals surface area contributed by atoms with Gasteiger partial charge in [-0.2, -0.15) is 0 Å². The van der Waals surface area contributed by atoms with E-state index in [1.165, 1.54) is 31.0 Å². The maximum Gasteiger partial charge on any atom is 0.313 e. The van der Waals surface area contributed by atoms with Gasteiger partial charge in [0, 0.05) is 13.1 Å². The number of imidazole rings is 1. The number of carboxylic acids is 1. The smallest absolute Gasteiger partial charge is 0.313 e. The fraction of sp³-hybridized carbons (Fsp3) is 0.692. The van der Waals surface area contributed by atoms with Crippen LogP contribution >= 0.6 is 11.8 Å². The molecule has 0 aliphatic carbocycles. The van der Waals surface area contributed by atoms with Crippen LogP contribution in [-0.4, -0.2) is 39.6 Å². The first-order chi connectivity index (χ1) is 9.09. The highest BCUT2D eigenvalue weighted by Crippen LogP contribution is 2.25. The van der Waals surface area contributed by atoms with E-state index in [9.17, 15) is 4.79 Å². The van der Waals surface area contributed by atoms with Gasteiger partial charge in [-0.1, -0.05) is 25.6 Å². The molecular formula is C13H21N3O2S. The van der Waals surface area contributed by atoms with Crippen molar-refractivity contribution in [1.82, 2.24) is 9.66 Å². The molecule has 1 aliphatic rings. The summed E-state index contributed by atoms with van der Waals surface area (Å²) >= 11 is 1.30. The number of rotatable bonds is 5. The number of aliphatic carboxylic acids is 1. The van der Waals surface area contributed by atoms with E-state index in [1.54, 1.807) is 0 Å². The molecule has 0 atom stereocenters. The summed E-state index contributed by atoms with van der Waals surface area (Å²) in [5, 5.41) is 11.9. The first-order valence-electron chi connectivity index (χ1n) is 6.77. The second kappa shape index (κ2) is 6.32. The van der Waals surface area contributed by atoms with Gasteiger partial charge < -0.3 is 10.1 Å². The quantitative estimate of drug-likeness (QED) is 0.840. The summed E-state index contributed by atoms with van der Waals surface area (Å²) in [7, 11) is 0. The van der Waals surface area contributed by atoms with E-state index >= 15 is 0 Å². The number of hydrogen-bond donors (Lipinski definition) is 1. The predicted octanol–water partition coefficient (Wildman–Crippen LogP) is 2.31. The van der Waals surface area contributed by atoms with Crippen LogP contribution in [0.4, 0.5) is 0 Å². The van der Waals surface area contributed by atoms with E-state index in [2.05, 4.69) is 28.5 Å². The molecule has 1 aromatic rings. The number of carbonyl (C=O) groups is 1. The van der Waals surface area contributed by atoms with Crippen molar-refractivity contribution >= 4 is 17.7 Å². The van der Waals surface area contributed by atoms with Crippen molar-refractivity contribution in [2.75, 3.05) is 23.9 Å². The lowest BCUT2D eigenvalue weighted by Crippen LogP contribution is -2.40. The Morgan fingerprint density at radius 3 is 2.68 bits per heavy atom. The van der Waals surface area contributed by atoms with Crippen LogP contribution in [0.2, 0.25) is 0 Å². The minimum Gasteiger partial charge on any atom is -0.481 e. The Kier molecular flexibility index (Phi) is 4.74. The van der Waals surface area contributed by atoms with E-state index in [4.69, 9.17) is 5.11 Å². The molecule has 1 fully saturated rings. The maximum absolute atomic E-state index is 10.7. The summed E-state index contributed by atoms with van der Waals surface area (Å²) in [6, 6.07) is 0. The lowest BCUT2D eigenvalue weighted by Gasteiger charge is -2.32. The van der Waals surface area contributed by atoms with Crippen LogP contribution < -0.4 is 5.01 Å². The highest BCUT2D eigenvalue weighted by atomic mass is 32.2. The highest BCUT2D eigenvalue weighted by molar-refractivity contribution is 7.99. The van der Waals surface area contributed by atoms with E-state index in [1.807, 2.05) is 6.20 Å². The Hall–Kier alpha value is -1.17. The van der Waals surface area contributed by atoms with Crippen LogP contribution in [0.25, 0.3) is 0 Å². The van der Waals surface area contributed by atoms with Crippen molar-refractivity contribution < 1.29 is 9.90 Å². The van der Waals surface area contributed by atoms with Crippen LogP contribution in [0.1, 0.15) is 44.7 Å². The normalized spacial score (nSPS) is 16.1. The van der Waals surface area contributed by atoms with Crippen molar-refractivity contribution in [3.05, 3.63) is 11.9 Å². The third kappa shape index (κ3) is 3.43. The minimum atomic E-state index is -0.802. The predicted molar refractivity (Wildman–Crippen MR) is 76.5 cm³/mol. The van der Waals surface area contributed by atoms with Crippen molar-refractivity contribution in [2.24, 2.45) is 0 Å². The average molecular weight is 283 g/mol. The number of piperidine rings is 1. The van der Waals surface area contributed by atoms with Crippen LogP contribution in [0, 0.1) is 0 Å². The van der Waals surface area contributed by atoms with E-state index in [-0.39, 0.29) is 5.75 Å². The molecule has 0 amide bonds. The zero-order valence-electron chi connectivity index (χ0n) is 11.5. The summed E-state index contributed by atoms with van der Waals surface area (Å²) in [5.41, 5.74) is 1.16. The monoisotopic (exact) mass is 283 g/mol. The molecule has 0 unspecified atom stereocenters. The largest absolute Gasteiger partial charge is 0.481 e. The molecule has 1 saturated heterocycles. The summed E-state index contributed by atoms with van der Waals surface area (Å²) in [4.78, 5) is 15.1. The Morgan fingerprint density at radius 1 is 1.42 bits per heavy atom. The third-order valence-corrected chi connectivity index (χ3v) is 4.19. The molecule has 1 N–H and O–H groups in total. The molecule has 0 saturated carbocycles. The van der Waals surface area contributed by atoms with Gasteiger partial charge in [-0.05, 0) is 25.2 Å². The van der Waals surface area contributed by atoms with Gasteiger partial charge in [0.1, 0.15) is 0 Å². The average Bonchev–Trinajstić information content (AvgIpc) is 2.81. The fourth-order valence-corrected chi connectivity index (χ4v) is 3.04. The summed E-state index contributed by atoms with van der Waals surface area (Å²) < 4.78 is 2.14. The van der Waals surface area contributed by atoms with Crippen LogP contribution in [0.5, 0.6) is 0 Å². The lowest BCUT2D eigenvalue weighted by atomic mass is 10.1. The standard InChI is InChI=1S/C13H21N3O2S/c1-10(2)11-8-14-13(19-9-12(17)18)16(11)15-6-4-3-5-7-15/h8,10H,3-7,9H2,1-2H3,(H,17,18). The number of carboxylic acid groups (broad SMARTS) is 1.